The molecule has 3 aliphatic rings. The minimum Gasteiger partial charge on any atom is -0.492 e. The van der Waals surface area contributed by atoms with Gasteiger partial charge in [0.1, 0.15) is 11.9 Å². The number of rotatable bonds is 12. The largest absolute Gasteiger partial charge is 0.492 e. The van der Waals surface area contributed by atoms with Crippen LogP contribution in [0.4, 0.5) is 8.78 Å². The van der Waals surface area contributed by atoms with Gasteiger partial charge < -0.3 is 19.1 Å². The molecule has 0 spiro atoms. The number of benzene rings is 1. The van der Waals surface area contributed by atoms with Gasteiger partial charge in [0, 0.05) is 26.2 Å². The summed E-state index contributed by atoms with van der Waals surface area (Å²) in [6.45, 7) is 4.45. The molecule has 0 radical (unpaired) electrons. The molecule has 1 aliphatic carbocycles. The summed E-state index contributed by atoms with van der Waals surface area (Å²) in [6.07, 6.45) is 4.69. The minimum atomic E-state index is -4.26. The van der Waals surface area contributed by atoms with Crippen LogP contribution in [0.15, 0.2) is 30.5 Å². The number of ether oxygens (including phenoxy) is 3. The molecule has 13 heteroatoms. The highest BCUT2D eigenvalue weighted by Crippen LogP contribution is 2.31. The molecule has 3 heterocycles. The maximum absolute atomic E-state index is 15.0. The summed E-state index contributed by atoms with van der Waals surface area (Å²) in [7, 11) is -2.26. The van der Waals surface area contributed by atoms with Crippen molar-refractivity contribution in [1.29, 1.82) is 0 Å². The van der Waals surface area contributed by atoms with Gasteiger partial charge in [-0.05, 0) is 69.3 Å². The zero-order valence-corrected chi connectivity index (χ0v) is 24.0. The molecule has 0 bridgehead atoms. The number of carbonyl (C=O) groups excluding carboxylic acids is 1. The highest BCUT2D eigenvalue weighted by Gasteiger charge is 2.34. The second-order valence-electron chi connectivity index (χ2n) is 10.9. The predicted molar refractivity (Wildman–Crippen MR) is 146 cm³/mol. The maximum Gasteiger partial charge on any atom is 0.304 e. The van der Waals surface area contributed by atoms with Gasteiger partial charge in [0.15, 0.2) is 11.6 Å². The second kappa shape index (κ2) is 12.6. The van der Waals surface area contributed by atoms with E-state index in [9.17, 15) is 22.0 Å². The number of amides is 1. The van der Waals surface area contributed by atoms with Crippen molar-refractivity contribution in [3.8, 4) is 11.5 Å². The van der Waals surface area contributed by atoms with E-state index in [2.05, 4.69) is 9.88 Å². The number of carbonyl (C=O) groups is 1. The van der Waals surface area contributed by atoms with Crippen molar-refractivity contribution in [2.75, 3.05) is 39.8 Å². The lowest BCUT2D eigenvalue weighted by atomic mass is 10.1. The van der Waals surface area contributed by atoms with Crippen LogP contribution >= 0.6 is 0 Å². The number of nitrogens with zero attached hydrogens (tertiary/aromatic N) is 3. The van der Waals surface area contributed by atoms with Crippen LogP contribution in [0.1, 0.15) is 61.2 Å². The van der Waals surface area contributed by atoms with Crippen molar-refractivity contribution in [3.63, 3.8) is 0 Å². The third-order valence-corrected chi connectivity index (χ3v) is 9.07. The summed E-state index contributed by atoms with van der Waals surface area (Å²) < 4.78 is 75.9. The van der Waals surface area contributed by atoms with E-state index in [1.54, 1.807) is 18.3 Å². The summed E-state index contributed by atoms with van der Waals surface area (Å²) in [6, 6.07) is 5.57. The Kier molecular flexibility index (Phi) is 9.07. The first-order valence-electron chi connectivity index (χ1n) is 14.0. The van der Waals surface area contributed by atoms with Gasteiger partial charge in [-0.1, -0.05) is 6.92 Å². The van der Waals surface area contributed by atoms with E-state index < -0.39 is 45.2 Å². The number of aromatic nitrogens is 1. The van der Waals surface area contributed by atoms with Gasteiger partial charge in [-0.2, -0.15) is 17.1 Å². The molecule has 3 fully saturated rings. The maximum atomic E-state index is 15.0. The molecule has 10 nitrogen and oxygen atoms in total. The van der Waals surface area contributed by atoms with E-state index in [1.807, 2.05) is 18.7 Å². The monoisotopic (exact) mass is 594 g/mol. The van der Waals surface area contributed by atoms with Crippen molar-refractivity contribution < 1.29 is 36.2 Å². The Hall–Kier alpha value is -2.87. The quantitative estimate of drug-likeness (QED) is 0.398. The lowest BCUT2D eigenvalue weighted by Gasteiger charge is -2.40. The van der Waals surface area contributed by atoms with E-state index in [0.717, 1.165) is 29.5 Å². The molecule has 41 heavy (non-hydrogen) atoms. The van der Waals surface area contributed by atoms with Crippen molar-refractivity contribution >= 4 is 16.1 Å². The normalized spacial score (nSPS) is 19.9. The molecule has 1 atom stereocenters. The van der Waals surface area contributed by atoms with Crippen LogP contribution in [0.3, 0.4) is 0 Å². The molecule has 224 valence electrons. The number of hydrogen-bond acceptors (Lipinski definition) is 8. The molecule has 1 aromatic carbocycles. The smallest absolute Gasteiger partial charge is 0.304 e. The van der Waals surface area contributed by atoms with E-state index >= 15 is 0 Å². The van der Waals surface area contributed by atoms with Gasteiger partial charge in [0.05, 0.1) is 36.3 Å². The van der Waals surface area contributed by atoms with Crippen molar-refractivity contribution in [1.82, 2.24) is 18.9 Å². The van der Waals surface area contributed by atoms with Gasteiger partial charge in [-0.3, -0.25) is 9.78 Å². The first kappa shape index (κ1) is 29.6. The number of nitrogens with one attached hydrogen (secondary N) is 1. The number of likely N-dealkylation sites (tertiary alicyclic amines) is 1. The second-order valence-corrected chi connectivity index (χ2v) is 12.6. The molecule has 5 rings (SSSR count). The number of pyridine rings is 1. The molecular weight excluding hydrogens is 558 g/mol. The lowest BCUT2D eigenvalue weighted by Crippen LogP contribution is -2.53. The van der Waals surface area contributed by atoms with Gasteiger partial charge >= 0.3 is 10.2 Å². The van der Waals surface area contributed by atoms with E-state index in [4.69, 9.17) is 14.2 Å². The topological polar surface area (TPSA) is 110 Å². The van der Waals surface area contributed by atoms with Crippen molar-refractivity contribution in [2.24, 2.45) is 5.92 Å². The Bertz CT molecular complexity index is 1330. The standard InChI is InChI=1S/C28H36F2N4O6S/c1-3-24(23-8-6-20(14-31-23)38-17-18-4-5-18)40-25-9-7-22(26(29)27(25)30)28(35)32-41(36,37)34-12-10-19(11-13-34)39-21-15-33(2)16-21/h6-9,14,18-19,21,24H,3-5,10-13,15-17H2,1-2H3,(H,32,35)/t24-/m1/s1. The zero-order valence-electron chi connectivity index (χ0n) is 23.2. The van der Waals surface area contributed by atoms with E-state index in [-0.39, 0.29) is 25.3 Å². The molecule has 2 aliphatic heterocycles. The van der Waals surface area contributed by atoms with Crippen LogP contribution in [-0.4, -0.2) is 80.6 Å². The Morgan fingerprint density at radius 3 is 2.41 bits per heavy atom. The fourth-order valence-corrected chi connectivity index (χ4v) is 6.08. The van der Waals surface area contributed by atoms with Gasteiger partial charge in [-0.15, -0.1) is 0 Å². The highest BCUT2D eigenvalue weighted by molar-refractivity contribution is 7.87. The molecule has 0 unspecified atom stereocenters. The molecule has 2 saturated heterocycles. The first-order valence-corrected chi connectivity index (χ1v) is 15.5. The minimum absolute atomic E-state index is 0.0596. The molecule has 1 amide bonds. The average molecular weight is 595 g/mol. The van der Waals surface area contributed by atoms with Gasteiger partial charge in [0.25, 0.3) is 5.91 Å². The number of piperidine rings is 1. The van der Waals surface area contributed by atoms with Crippen LogP contribution in [0.2, 0.25) is 0 Å². The number of hydrogen-bond donors (Lipinski definition) is 1. The van der Waals surface area contributed by atoms with Crippen LogP contribution in [0, 0.1) is 17.6 Å². The Labute approximate surface area is 239 Å². The molecule has 1 saturated carbocycles. The first-order chi connectivity index (χ1) is 19.6. The Morgan fingerprint density at radius 1 is 1.07 bits per heavy atom. The molecule has 1 N–H and O–H groups in total. The third kappa shape index (κ3) is 7.32. The lowest BCUT2D eigenvalue weighted by molar-refractivity contribution is -0.0957. The van der Waals surface area contributed by atoms with Gasteiger partial charge in [-0.25, -0.2) is 9.11 Å². The fourth-order valence-electron chi connectivity index (χ4n) is 4.92. The predicted octanol–water partition coefficient (Wildman–Crippen LogP) is 3.45. The average Bonchev–Trinajstić information content (AvgIpc) is 3.77. The Balaban J connectivity index is 1.17. The van der Waals surface area contributed by atoms with Crippen LogP contribution in [0.25, 0.3) is 0 Å². The summed E-state index contributed by atoms with van der Waals surface area (Å²) >= 11 is 0. The molecule has 1 aromatic heterocycles. The van der Waals surface area contributed by atoms with E-state index in [1.165, 1.54) is 12.8 Å². The van der Waals surface area contributed by atoms with E-state index in [0.29, 0.717) is 43.2 Å². The summed E-state index contributed by atoms with van der Waals surface area (Å²) in [4.78, 5) is 19.2. The van der Waals surface area contributed by atoms with Crippen molar-refractivity contribution in [3.05, 3.63) is 53.4 Å². The zero-order chi connectivity index (χ0) is 29.1. The highest BCUT2D eigenvalue weighted by atomic mass is 32.2. The van der Waals surface area contributed by atoms with Crippen LogP contribution in [-0.2, 0) is 14.9 Å². The van der Waals surface area contributed by atoms with Crippen LogP contribution < -0.4 is 14.2 Å². The Morgan fingerprint density at radius 2 is 1.80 bits per heavy atom. The van der Waals surface area contributed by atoms with Crippen LogP contribution in [0.5, 0.6) is 11.5 Å². The van der Waals surface area contributed by atoms with Crippen molar-refractivity contribution in [2.45, 2.75) is 57.3 Å². The number of likely N-dealkylation sites (N-methyl/N-ethyl adjacent to an activating group) is 1. The number of halogens is 2. The molecular formula is C28H36F2N4O6S. The SMILES string of the molecule is CC[C@@H](Oc1ccc(C(=O)NS(=O)(=O)N2CCC(OC3CN(C)C3)CC2)c(F)c1F)c1ccc(OCC2CC2)cn1. The summed E-state index contributed by atoms with van der Waals surface area (Å²) in [5, 5.41) is 0. The third-order valence-electron chi connectivity index (χ3n) is 7.58. The summed E-state index contributed by atoms with van der Waals surface area (Å²) in [5.74, 6) is -3.35. The van der Waals surface area contributed by atoms with Gasteiger partial charge in [0.2, 0.25) is 5.82 Å². The summed E-state index contributed by atoms with van der Waals surface area (Å²) in [5.41, 5.74) is -0.234. The molecule has 2 aromatic rings. The fraction of sp³-hybridized carbons (Fsp3) is 0.571.